The summed E-state index contributed by atoms with van der Waals surface area (Å²) in [7, 11) is 0. The first kappa shape index (κ1) is 10.5. The molecule has 0 bridgehead atoms. The van der Waals surface area contributed by atoms with Gasteiger partial charge in [-0.15, -0.1) is 0 Å². The van der Waals surface area contributed by atoms with Gasteiger partial charge in [0, 0.05) is 18.0 Å². The number of pyridine rings is 2. The second-order valence-electron chi connectivity index (χ2n) is 3.45. The van der Waals surface area contributed by atoms with E-state index in [2.05, 4.69) is 19.9 Å². The molecule has 84 valence electrons. The van der Waals surface area contributed by atoms with E-state index in [0.717, 1.165) is 11.1 Å². The van der Waals surface area contributed by atoms with Crippen molar-refractivity contribution in [3.63, 3.8) is 0 Å². The molecule has 0 amide bonds. The number of imidazole rings is 1. The summed E-state index contributed by atoms with van der Waals surface area (Å²) in [6.45, 7) is 0. The normalized spacial score (nSPS) is 10.9. The standard InChI is InChI=1S/C11H6Cl2N4/c12-7-5-8-11(16-9(7)13)17-10(15-8)6-1-3-14-4-2-6/h1-5H,(H,15,16,17). The van der Waals surface area contributed by atoms with Crippen molar-refractivity contribution in [3.8, 4) is 11.4 Å². The van der Waals surface area contributed by atoms with Crippen molar-refractivity contribution in [3.05, 3.63) is 40.8 Å². The minimum atomic E-state index is 0.256. The SMILES string of the molecule is Clc1cc2[nH]c(-c3ccncc3)nc2nc1Cl. The predicted molar refractivity (Wildman–Crippen MR) is 67.1 cm³/mol. The zero-order valence-electron chi connectivity index (χ0n) is 8.48. The summed E-state index contributed by atoms with van der Waals surface area (Å²) < 4.78 is 0. The molecule has 3 heterocycles. The number of aromatic amines is 1. The summed E-state index contributed by atoms with van der Waals surface area (Å²) in [6.07, 6.45) is 3.41. The summed E-state index contributed by atoms with van der Waals surface area (Å²) in [5.41, 5.74) is 2.24. The van der Waals surface area contributed by atoms with E-state index in [1.54, 1.807) is 18.5 Å². The molecule has 6 heteroatoms. The summed E-state index contributed by atoms with van der Waals surface area (Å²) in [5, 5.41) is 0.663. The van der Waals surface area contributed by atoms with Crippen LogP contribution >= 0.6 is 23.2 Å². The molecule has 0 atom stereocenters. The van der Waals surface area contributed by atoms with Crippen LogP contribution in [0.3, 0.4) is 0 Å². The Morgan fingerprint density at radius 2 is 1.82 bits per heavy atom. The molecule has 3 aromatic rings. The third-order valence-corrected chi connectivity index (χ3v) is 3.01. The van der Waals surface area contributed by atoms with Crippen LogP contribution in [0.25, 0.3) is 22.6 Å². The third kappa shape index (κ3) is 1.85. The highest BCUT2D eigenvalue weighted by Crippen LogP contribution is 2.25. The van der Waals surface area contributed by atoms with Gasteiger partial charge in [0.25, 0.3) is 0 Å². The van der Waals surface area contributed by atoms with Gasteiger partial charge in [0.1, 0.15) is 11.0 Å². The molecular formula is C11H6Cl2N4. The zero-order chi connectivity index (χ0) is 11.8. The Balaban J connectivity index is 2.21. The van der Waals surface area contributed by atoms with Crippen LogP contribution in [-0.2, 0) is 0 Å². The first-order valence-electron chi connectivity index (χ1n) is 4.86. The number of rotatable bonds is 1. The minimum Gasteiger partial charge on any atom is -0.337 e. The molecule has 1 N–H and O–H groups in total. The average molecular weight is 265 g/mol. The summed E-state index contributed by atoms with van der Waals surface area (Å²) >= 11 is 11.7. The second-order valence-corrected chi connectivity index (χ2v) is 4.22. The third-order valence-electron chi connectivity index (χ3n) is 2.34. The molecule has 0 aliphatic heterocycles. The summed E-state index contributed by atoms with van der Waals surface area (Å²) in [4.78, 5) is 15.5. The molecule has 17 heavy (non-hydrogen) atoms. The number of nitrogens with one attached hydrogen (secondary N) is 1. The van der Waals surface area contributed by atoms with Gasteiger partial charge in [-0.1, -0.05) is 23.2 Å². The van der Waals surface area contributed by atoms with Gasteiger partial charge in [0.2, 0.25) is 0 Å². The number of fused-ring (bicyclic) bond motifs is 1. The van der Waals surface area contributed by atoms with E-state index in [9.17, 15) is 0 Å². The maximum atomic E-state index is 5.89. The van der Waals surface area contributed by atoms with Crippen molar-refractivity contribution < 1.29 is 0 Å². The van der Waals surface area contributed by atoms with Crippen LogP contribution in [0.5, 0.6) is 0 Å². The number of H-pyrrole nitrogens is 1. The average Bonchev–Trinajstić information content (AvgIpc) is 2.74. The Bertz CT molecular complexity index is 640. The Morgan fingerprint density at radius 1 is 1.06 bits per heavy atom. The van der Waals surface area contributed by atoms with Crippen LogP contribution in [0.2, 0.25) is 10.2 Å². The van der Waals surface area contributed by atoms with E-state index in [-0.39, 0.29) is 5.15 Å². The maximum absolute atomic E-state index is 5.89. The van der Waals surface area contributed by atoms with Gasteiger partial charge in [-0.25, -0.2) is 9.97 Å². The first-order chi connectivity index (χ1) is 8.24. The van der Waals surface area contributed by atoms with Gasteiger partial charge in [-0.05, 0) is 18.2 Å². The lowest BCUT2D eigenvalue weighted by molar-refractivity contribution is 1.27. The molecule has 0 aromatic carbocycles. The lowest BCUT2D eigenvalue weighted by atomic mass is 10.3. The van der Waals surface area contributed by atoms with Crippen LogP contribution in [0, 0.1) is 0 Å². The monoisotopic (exact) mass is 264 g/mol. The Labute approximate surface area is 107 Å². The molecule has 0 aliphatic carbocycles. The number of halogens is 2. The highest BCUT2D eigenvalue weighted by Gasteiger charge is 2.09. The molecule has 3 aromatic heterocycles. The van der Waals surface area contributed by atoms with E-state index in [0.29, 0.717) is 16.5 Å². The number of aromatic nitrogens is 4. The largest absolute Gasteiger partial charge is 0.337 e. The molecule has 0 radical (unpaired) electrons. The Kier molecular flexibility index (Phi) is 2.46. The van der Waals surface area contributed by atoms with Crippen molar-refractivity contribution in [2.24, 2.45) is 0 Å². The lowest BCUT2D eigenvalue weighted by Crippen LogP contribution is -1.80. The van der Waals surface area contributed by atoms with E-state index < -0.39 is 0 Å². The highest BCUT2D eigenvalue weighted by molar-refractivity contribution is 6.41. The van der Waals surface area contributed by atoms with Crippen LogP contribution in [0.15, 0.2) is 30.6 Å². The first-order valence-corrected chi connectivity index (χ1v) is 5.62. The zero-order valence-corrected chi connectivity index (χ0v) is 10.00. The van der Waals surface area contributed by atoms with Crippen molar-refractivity contribution in [1.29, 1.82) is 0 Å². The summed E-state index contributed by atoms with van der Waals surface area (Å²) in [5.74, 6) is 0.716. The molecular weight excluding hydrogens is 259 g/mol. The number of hydrogen-bond donors (Lipinski definition) is 1. The van der Waals surface area contributed by atoms with Gasteiger partial charge >= 0.3 is 0 Å². The fraction of sp³-hybridized carbons (Fsp3) is 0. The second kappa shape index (κ2) is 3.98. The molecule has 4 nitrogen and oxygen atoms in total. The van der Waals surface area contributed by atoms with Crippen LogP contribution < -0.4 is 0 Å². The highest BCUT2D eigenvalue weighted by atomic mass is 35.5. The number of hydrogen-bond acceptors (Lipinski definition) is 3. The fourth-order valence-corrected chi connectivity index (χ4v) is 1.83. The molecule has 0 unspecified atom stereocenters. The van der Waals surface area contributed by atoms with Gasteiger partial charge in [0.15, 0.2) is 5.65 Å². The Hall–Kier alpha value is -1.65. The molecule has 3 rings (SSSR count). The fourth-order valence-electron chi connectivity index (χ4n) is 1.54. The van der Waals surface area contributed by atoms with E-state index >= 15 is 0 Å². The number of nitrogens with zero attached hydrogens (tertiary/aromatic N) is 3. The minimum absolute atomic E-state index is 0.256. The van der Waals surface area contributed by atoms with E-state index in [1.807, 2.05) is 12.1 Å². The predicted octanol–water partition coefficient (Wildman–Crippen LogP) is 3.33. The quantitative estimate of drug-likeness (QED) is 0.686. The van der Waals surface area contributed by atoms with Crippen LogP contribution in [0.1, 0.15) is 0 Å². The maximum Gasteiger partial charge on any atom is 0.179 e. The summed E-state index contributed by atoms with van der Waals surface area (Å²) in [6, 6.07) is 5.44. The molecule has 0 fully saturated rings. The molecule has 0 saturated heterocycles. The topological polar surface area (TPSA) is 54.5 Å². The van der Waals surface area contributed by atoms with Crippen molar-refractivity contribution in [2.75, 3.05) is 0 Å². The van der Waals surface area contributed by atoms with Gasteiger partial charge in [0.05, 0.1) is 10.5 Å². The van der Waals surface area contributed by atoms with Crippen LogP contribution in [0.4, 0.5) is 0 Å². The molecule has 0 spiro atoms. The van der Waals surface area contributed by atoms with Crippen LogP contribution in [-0.4, -0.2) is 19.9 Å². The van der Waals surface area contributed by atoms with Crippen molar-refractivity contribution >= 4 is 34.4 Å². The lowest BCUT2D eigenvalue weighted by Gasteiger charge is -1.92. The van der Waals surface area contributed by atoms with Gasteiger partial charge in [-0.2, -0.15) is 0 Å². The van der Waals surface area contributed by atoms with Crippen molar-refractivity contribution in [2.45, 2.75) is 0 Å². The van der Waals surface area contributed by atoms with E-state index in [1.165, 1.54) is 0 Å². The Morgan fingerprint density at radius 3 is 2.59 bits per heavy atom. The molecule has 0 aliphatic rings. The molecule has 0 saturated carbocycles. The van der Waals surface area contributed by atoms with Gasteiger partial charge in [-0.3, -0.25) is 4.98 Å². The smallest absolute Gasteiger partial charge is 0.179 e. The van der Waals surface area contributed by atoms with Gasteiger partial charge < -0.3 is 4.98 Å². The van der Waals surface area contributed by atoms with E-state index in [4.69, 9.17) is 23.2 Å². The van der Waals surface area contributed by atoms with Crippen molar-refractivity contribution in [1.82, 2.24) is 19.9 Å².